The van der Waals surface area contributed by atoms with Crippen LogP contribution < -0.4 is 5.32 Å². The number of hydrogen-bond acceptors (Lipinski definition) is 2. The van der Waals surface area contributed by atoms with Crippen LogP contribution in [0.25, 0.3) is 0 Å². The van der Waals surface area contributed by atoms with Crippen LogP contribution in [0, 0.1) is 5.92 Å². The summed E-state index contributed by atoms with van der Waals surface area (Å²) in [5.74, 6) is 0.687. The zero-order chi connectivity index (χ0) is 10.8. The van der Waals surface area contributed by atoms with Gasteiger partial charge < -0.3 is 5.32 Å². The fourth-order valence-electron chi connectivity index (χ4n) is 2.37. The molecule has 0 radical (unpaired) electrons. The monoisotopic (exact) mass is 205 g/mol. The van der Waals surface area contributed by atoms with Gasteiger partial charge in [0.1, 0.15) is 0 Å². The van der Waals surface area contributed by atoms with Crippen molar-refractivity contribution in [2.45, 2.75) is 39.2 Å². The molecule has 0 aromatic heterocycles. The van der Waals surface area contributed by atoms with E-state index in [0.717, 1.165) is 6.54 Å². The van der Waals surface area contributed by atoms with E-state index in [1.165, 1.54) is 12.8 Å². The molecule has 0 aromatic rings. The number of hydrogen-bond donors (Lipinski definition) is 1. The Morgan fingerprint density at radius 1 is 1.53 bits per heavy atom. The minimum Gasteiger partial charge on any atom is -0.310 e. The van der Waals surface area contributed by atoms with Crippen molar-refractivity contribution in [1.29, 1.82) is 0 Å². The second kappa shape index (κ2) is 4.31. The summed E-state index contributed by atoms with van der Waals surface area (Å²) in [4.78, 5) is 11.2. The van der Waals surface area contributed by atoms with E-state index in [-0.39, 0.29) is 5.78 Å². The van der Waals surface area contributed by atoms with Crippen molar-refractivity contribution in [2.24, 2.45) is 5.92 Å². The minimum atomic E-state index is 0.231. The highest BCUT2D eigenvalue weighted by molar-refractivity contribution is 5.89. The van der Waals surface area contributed by atoms with Gasteiger partial charge in [-0.05, 0) is 25.8 Å². The lowest BCUT2D eigenvalue weighted by Gasteiger charge is -2.38. The first kappa shape index (κ1) is 10.6. The van der Waals surface area contributed by atoms with Crippen molar-refractivity contribution in [3.05, 3.63) is 23.3 Å². The zero-order valence-corrected chi connectivity index (χ0v) is 9.55. The SMILES string of the molecule is CCC(=O)/C=C\C1C2=C(CC2)CN[C@H]1C. The third-order valence-electron chi connectivity index (χ3n) is 3.57. The Kier molecular flexibility index (Phi) is 3.06. The highest BCUT2D eigenvalue weighted by Crippen LogP contribution is 2.38. The molecule has 1 aliphatic heterocycles. The van der Waals surface area contributed by atoms with E-state index in [9.17, 15) is 4.79 Å². The predicted octanol–water partition coefficient (Wildman–Crippen LogP) is 2.22. The fraction of sp³-hybridized carbons (Fsp3) is 0.615. The van der Waals surface area contributed by atoms with E-state index in [1.807, 2.05) is 6.92 Å². The summed E-state index contributed by atoms with van der Waals surface area (Å²) >= 11 is 0. The molecule has 0 spiro atoms. The largest absolute Gasteiger partial charge is 0.310 e. The molecule has 0 saturated carbocycles. The van der Waals surface area contributed by atoms with Gasteiger partial charge in [-0.2, -0.15) is 0 Å². The summed E-state index contributed by atoms with van der Waals surface area (Å²) < 4.78 is 0. The Hall–Kier alpha value is -0.890. The number of allylic oxidation sites excluding steroid dienone is 1. The predicted molar refractivity (Wildman–Crippen MR) is 61.7 cm³/mol. The molecular formula is C13H19NO. The maximum atomic E-state index is 11.2. The second-order valence-corrected chi connectivity index (χ2v) is 4.50. The lowest BCUT2D eigenvalue weighted by atomic mass is 9.74. The van der Waals surface area contributed by atoms with Gasteiger partial charge in [0.2, 0.25) is 0 Å². The fourth-order valence-corrected chi connectivity index (χ4v) is 2.37. The second-order valence-electron chi connectivity index (χ2n) is 4.50. The van der Waals surface area contributed by atoms with Crippen LogP contribution in [0.4, 0.5) is 0 Å². The molecule has 0 bridgehead atoms. The van der Waals surface area contributed by atoms with E-state index in [1.54, 1.807) is 17.2 Å². The van der Waals surface area contributed by atoms with Crippen molar-refractivity contribution < 1.29 is 4.79 Å². The molecule has 2 aliphatic rings. The van der Waals surface area contributed by atoms with Gasteiger partial charge in [0, 0.05) is 24.9 Å². The Labute approximate surface area is 91.4 Å². The molecule has 0 saturated heterocycles. The van der Waals surface area contributed by atoms with Crippen LogP contribution in [-0.4, -0.2) is 18.4 Å². The highest BCUT2D eigenvalue weighted by atomic mass is 16.1. The highest BCUT2D eigenvalue weighted by Gasteiger charge is 2.31. The molecule has 1 aliphatic carbocycles. The number of carbonyl (C=O) groups excluding carboxylic acids is 1. The molecule has 2 heteroatoms. The van der Waals surface area contributed by atoms with Crippen LogP contribution in [0.5, 0.6) is 0 Å². The van der Waals surface area contributed by atoms with Crippen molar-refractivity contribution in [3.63, 3.8) is 0 Å². The van der Waals surface area contributed by atoms with Gasteiger partial charge in [0.15, 0.2) is 5.78 Å². The maximum absolute atomic E-state index is 11.2. The third kappa shape index (κ3) is 2.05. The standard InChI is InChI=1S/C13H19NO/c1-3-11(15)5-7-12-9(2)14-8-10-4-6-13(10)12/h5,7,9,12,14H,3-4,6,8H2,1-2H3/b7-5-/t9-,12?/m0/s1. The van der Waals surface area contributed by atoms with E-state index in [4.69, 9.17) is 0 Å². The van der Waals surface area contributed by atoms with E-state index in [2.05, 4.69) is 18.3 Å². The quantitative estimate of drug-likeness (QED) is 0.565. The first-order valence-electron chi connectivity index (χ1n) is 5.87. The van der Waals surface area contributed by atoms with Crippen molar-refractivity contribution >= 4 is 5.78 Å². The molecule has 1 N–H and O–H groups in total. The summed E-state index contributed by atoms with van der Waals surface area (Å²) in [6.07, 6.45) is 6.95. The molecule has 82 valence electrons. The third-order valence-corrected chi connectivity index (χ3v) is 3.57. The lowest BCUT2D eigenvalue weighted by molar-refractivity contribution is -0.114. The van der Waals surface area contributed by atoms with Gasteiger partial charge in [-0.1, -0.05) is 24.1 Å². The van der Waals surface area contributed by atoms with Crippen LogP contribution in [0.1, 0.15) is 33.1 Å². The summed E-state index contributed by atoms with van der Waals surface area (Å²) in [5.41, 5.74) is 3.16. The number of carbonyl (C=O) groups is 1. The summed E-state index contributed by atoms with van der Waals surface area (Å²) in [6, 6.07) is 0.477. The van der Waals surface area contributed by atoms with E-state index >= 15 is 0 Å². The van der Waals surface area contributed by atoms with Crippen LogP contribution in [0.15, 0.2) is 23.3 Å². The van der Waals surface area contributed by atoms with Crippen LogP contribution in [0.3, 0.4) is 0 Å². The summed E-state index contributed by atoms with van der Waals surface area (Å²) in [6.45, 7) is 5.17. The Morgan fingerprint density at radius 3 is 2.93 bits per heavy atom. The molecule has 2 atom stereocenters. The molecule has 0 aromatic carbocycles. The molecule has 2 nitrogen and oxygen atoms in total. The number of nitrogens with one attached hydrogen (secondary N) is 1. The number of ketones is 1. The Balaban J connectivity index is 2.09. The Morgan fingerprint density at radius 2 is 2.33 bits per heavy atom. The lowest BCUT2D eigenvalue weighted by Crippen LogP contribution is -2.42. The first-order chi connectivity index (χ1) is 7.22. The average Bonchev–Trinajstić information content (AvgIpc) is 2.20. The molecule has 1 heterocycles. The molecule has 2 rings (SSSR count). The van der Waals surface area contributed by atoms with Gasteiger partial charge in [-0.25, -0.2) is 0 Å². The van der Waals surface area contributed by atoms with Gasteiger partial charge >= 0.3 is 0 Å². The Bertz CT molecular complexity index is 327. The maximum Gasteiger partial charge on any atom is 0.155 e. The first-order valence-corrected chi connectivity index (χ1v) is 5.87. The molecular weight excluding hydrogens is 186 g/mol. The average molecular weight is 205 g/mol. The van der Waals surface area contributed by atoms with Crippen LogP contribution in [-0.2, 0) is 4.79 Å². The summed E-state index contributed by atoms with van der Waals surface area (Å²) in [5, 5.41) is 3.48. The van der Waals surface area contributed by atoms with Crippen molar-refractivity contribution in [1.82, 2.24) is 5.32 Å². The minimum absolute atomic E-state index is 0.231. The summed E-state index contributed by atoms with van der Waals surface area (Å²) in [7, 11) is 0. The molecule has 0 amide bonds. The van der Waals surface area contributed by atoms with Gasteiger partial charge in [0.05, 0.1) is 0 Å². The molecule has 1 unspecified atom stereocenters. The van der Waals surface area contributed by atoms with Gasteiger partial charge in [0.25, 0.3) is 0 Å². The van der Waals surface area contributed by atoms with Crippen molar-refractivity contribution in [3.8, 4) is 0 Å². The van der Waals surface area contributed by atoms with Crippen LogP contribution in [0.2, 0.25) is 0 Å². The van der Waals surface area contributed by atoms with Crippen molar-refractivity contribution in [2.75, 3.05) is 6.54 Å². The molecule has 0 fully saturated rings. The zero-order valence-electron chi connectivity index (χ0n) is 9.55. The number of rotatable bonds is 3. The van der Waals surface area contributed by atoms with E-state index in [0.29, 0.717) is 18.4 Å². The van der Waals surface area contributed by atoms with Crippen LogP contribution >= 0.6 is 0 Å². The van der Waals surface area contributed by atoms with Gasteiger partial charge in [-0.3, -0.25) is 4.79 Å². The smallest absolute Gasteiger partial charge is 0.155 e. The normalized spacial score (nSPS) is 30.3. The molecule has 15 heavy (non-hydrogen) atoms. The van der Waals surface area contributed by atoms with E-state index < -0.39 is 0 Å². The van der Waals surface area contributed by atoms with Gasteiger partial charge in [-0.15, -0.1) is 0 Å². The topological polar surface area (TPSA) is 29.1 Å².